The van der Waals surface area contributed by atoms with E-state index in [4.69, 9.17) is 0 Å². The van der Waals surface area contributed by atoms with Crippen molar-refractivity contribution in [3.8, 4) is 0 Å². The second-order valence-corrected chi connectivity index (χ2v) is 7.20. The van der Waals surface area contributed by atoms with Gasteiger partial charge in [-0.2, -0.15) is 0 Å². The number of urea groups is 1. The minimum absolute atomic E-state index is 0.0712. The number of thiazole rings is 1. The Bertz CT molecular complexity index is 615. The Kier molecular flexibility index (Phi) is 4.73. The van der Waals surface area contributed by atoms with E-state index in [-0.39, 0.29) is 11.4 Å². The van der Waals surface area contributed by atoms with Gasteiger partial charge in [0.2, 0.25) is 5.13 Å². The Morgan fingerprint density at radius 3 is 2.62 bits per heavy atom. The van der Waals surface area contributed by atoms with E-state index in [0.717, 1.165) is 15.8 Å². The van der Waals surface area contributed by atoms with E-state index in [1.165, 1.54) is 22.7 Å². The van der Waals surface area contributed by atoms with E-state index in [1.54, 1.807) is 0 Å². The van der Waals surface area contributed by atoms with Crippen molar-refractivity contribution in [1.29, 1.82) is 0 Å². The average molecular weight is 326 g/mol. The lowest BCUT2D eigenvalue weighted by atomic mass is 9.98. The van der Waals surface area contributed by atoms with Gasteiger partial charge >= 0.3 is 6.03 Å². The maximum Gasteiger partial charge on any atom is 0.321 e. The first-order valence-corrected chi connectivity index (χ1v) is 8.09. The van der Waals surface area contributed by atoms with Gasteiger partial charge < -0.3 is 10.6 Å². The van der Waals surface area contributed by atoms with E-state index in [2.05, 4.69) is 51.9 Å². The maximum absolute atomic E-state index is 11.8. The predicted molar refractivity (Wildman–Crippen MR) is 86.1 cm³/mol. The Labute approximate surface area is 131 Å². The third-order valence-electron chi connectivity index (χ3n) is 2.48. The van der Waals surface area contributed by atoms with Gasteiger partial charge in [0, 0.05) is 17.8 Å². The quantitative estimate of drug-likeness (QED) is 0.803. The fourth-order valence-corrected chi connectivity index (χ4v) is 2.86. The predicted octanol–water partition coefficient (Wildman–Crippen LogP) is 2.66. The molecule has 21 heavy (non-hydrogen) atoms. The average Bonchev–Trinajstić information content (AvgIpc) is 3.04. The molecular formula is C12H18N6OS2. The minimum Gasteiger partial charge on any atom is -0.365 e. The van der Waals surface area contributed by atoms with Gasteiger partial charge in [-0.25, -0.2) is 9.78 Å². The highest BCUT2D eigenvalue weighted by Crippen LogP contribution is 2.27. The molecule has 0 saturated carbocycles. The summed E-state index contributed by atoms with van der Waals surface area (Å²) in [4.78, 5) is 16.1. The van der Waals surface area contributed by atoms with Crippen LogP contribution < -0.4 is 16.0 Å². The molecule has 2 aromatic heterocycles. The highest BCUT2D eigenvalue weighted by atomic mass is 32.1. The molecule has 0 aromatic carbocycles. The largest absolute Gasteiger partial charge is 0.365 e. The number of nitrogens with one attached hydrogen (secondary N) is 3. The lowest BCUT2D eigenvalue weighted by Gasteiger charge is -2.12. The molecule has 2 amide bonds. The molecule has 0 aliphatic carbocycles. The number of amides is 2. The van der Waals surface area contributed by atoms with Crippen molar-refractivity contribution in [3.63, 3.8) is 0 Å². The van der Waals surface area contributed by atoms with Gasteiger partial charge in [0.15, 0.2) is 5.13 Å². The van der Waals surface area contributed by atoms with Crippen molar-refractivity contribution in [2.75, 3.05) is 17.7 Å². The molecule has 114 valence electrons. The van der Waals surface area contributed by atoms with E-state index < -0.39 is 0 Å². The van der Waals surface area contributed by atoms with Gasteiger partial charge in [0.25, 0.3) is 0 Å². The molecule has 9 heteroatoms. The van der Waals surface area contributed by atoms with Crippen LogP contribution in [0.2, 0.25) is 0 Å². The van der Waals surface area contributed by atoms with Crippen LogP contribution >= 0.6 is 22.7 Å². The topological polar surface area (TPSA) is 91.8 Å². The summed E-state index contributed by atoms with van der Waals surface area (Å²) in [6, 6.07) is -0.314. The van der Waals surface area contributed by atoms with E-state index in [1.807, 2.05) is 12.4 Å². The van der Waals surface area contributed by atoms with Crippen LogP contribution in [0.4, 0.5) is 15.1 Å². The Morgan fingerprint density at radius 2 is 2.05 bits per heavy atom. The lowest BCUT2D eigenvalue weighted by Crippen LogP contribution is -2.28. The van der Waals surface area contributed by atoms with Crippen molar-refractivity contribution < 1.29 is 4.79 Å². The highest BCUT2D eigenvalue weighted by molar-refractivity contribution is 7.15. The summed E-state index contributed by atoms with van der Waals surface area (Å²) in [6.07, 6.45) is 0. The molecule has 0 radical (unpaired) electrons. The summed E-state index contributed by atoms with van der Waals surface area (Å²) in [6.45, 7) is 6.53. The molecule has 2 rings (SSSR count). The third-order valence-corrected chi connectivity index (χ3v) is 4.66. The number of nitrogens with zero attached hydrogens (tertiary/aromatic N) is 3. The summed E-state index contributed by atoms with van der Waals surface area (Å²) in [5.74, 6) is 0. The number of hydrogen-bond donors (Lipinski definition) is 3. The zero-order valence-corrected chi connectivity index (χ0v) is 14.0. The van der Waals surface area contributed by atoms with Crippen molar-refractivity contribution in [1.82, 2.24) is 20.5 Å². The fourth-order valence-electron chi connectivity index (χ4n) is 1.39. The molecule has 2 heterocycles. The number of hydrogen-bond acceptors (Lipinski definition) is 7. The highest BCUT2D eigenvalue weighted by Gasteiger charge is 2.19. The molecule has 0 unspecified atom stereocenters. The van der Waals surface area contributed by atoms with Gasteiger partial charge in [0.1, 0.15) is 5.01 Å². The van der Waals surface area contributed by atoms with Crippen LogP contribution in [0.3, 0.4) is 0 Å². The molecular weight excluding hydrogens is 308 g/mol. The number of carbonyl (C=O) groups is 1. The van der Waals surface area contributed by atoms with Crippen LogP contribution in [0.25, 0.3) is 0 Å². The van der Waals surface area contributed by atoms with Gasteiger partial charge in [-0.15, -0.1) is 21.5 Å². The van der Waals surface area contributed by atoms with E-state index in [9.17, 15) is 4.79 Å². The maximum atomic E-state index is 11.8. The van der Waals surface area contributed by atoms with Crippen molar-refractivity contribution in [2.24, 2.45) is 0 Å². The molecule has 0 fully saturated rings. The minimum atomic E-state index is -0.314. The first-order chi connectivity index (χ1) is 9.88. The van der Waals surface area contributed by atoms with Crippen molar-refractivity contribution in [2.45, 2.75) is 32.7 Å². The molecule has 3 N–H and O–H groups in total. The second kappa shape index (κ2) is 6.35. The smallest absolute Gasteiger partial charge is 0.321 e. The van der Waals surface area contributed by atoms with Crippen molar-refractivity contribution >= 4 is 39.0 Å². The third kappa shape index (κ3) is 4.36. The van der Waals surface area contributed by atoms with Crippen LogP contribution in [-0.2, 0) is 12.0 Å². The van der Waals surface area contributed by atoms with Crippen LogP contribution in [-0.4, -0.2) is 28.3 Å². The molecule has 0 saturated heterocycles. The molecule has 0 atom stereocenters. The normalized spacial score (nSPS) is 11.2. The SMILES string of the molecule is CNc1nc(CNC(=O)Nc2nnc(C(C)(C)C)s2)cs1. The Balaban J connectivity index is 1.85. The van der Waals surface area contributed by atoms with Gasteiger partial charge in [-0.05, 0) is 0 Å². The summed E-state index contributed by atoms with van der Waals surface area (Å²) >= 11 is 2.88. The van der Waals surface area contributed by atoms with E-state index >= 15 is 0 Å². The molecule has 0 spiro atoms. The van der Waals surface area contributed by atoms with Gasteiger partial charge in [-0.3, -0.25) is 5.32 Å². The van der Waals surface area contributed by atoms with Crippen LogP contribution in [0.5, 0.6) is 0 Å². The monoisotopic (exact) mass is 326 g/mol. The van der Waals surface area contributed by atoms with Crippen LogP contribution in [0.1, 0.15) is 31.5 Å². The summed E-state index contributed by atoms with van der Waals surface area (Å²) in [7, 11) is 1.81. The van der Waals surface area contributed by atoms with Crippen molar-refractivity contribution in [3.05, 3.63) is 16.1 Å². The number of rotatable bonds is 4. The molecule has 7 nitrogen and oxygen atoms in total. The lowest BCUT2D eigenvalue weighted by molar-refractivity contribution is 0.251. The summed E-state index contributed by atoms with van der Waals surface area (Å²) in [5.41, 5.74) is 0.741. The standard InChI is InChI=1S/C12H18N6OS2/c1-12(2,3)8-17-18-11(21-8)16-9(19)14-5-7-6-20-10(13-4)15-7/h6H,5H2,1-4H3,(H,13,15)(H2,14,16,18,19). The van der Waals surface area contributed by atoms with Crippen LogP contribution in [0, 0.1) is 0 Å². The zero-order valence-electron chi connectivity index (χ0n) is 12.4. The Hall–Kier alpha value is -1.74. The first-order valence-electron chi connectivity index (χ1n) is 6.39. The summed E-state index contributed by atoms with van der Waals surface area (Å²) < 4.78 is 0. The molecule has 0 aliphatic rings. The first kappa shape index (κ1) is 15.6. The van der Waals surface area contributed by atoms with Gasteiger partial charge in [0.05, 0.1) is 12.2 Å². The van der Waals surface area contributed by atoms with Gasteiger partial charge in [-0.1, -0.05) is 32.1 Å². The molecule has 0 aliphatic heterocycles. The fraction of sp³-hybridized carbons (Fsp3) is 0.500. The van der Waals surface area contributed by atoms with E-state index in [0.29, 0.717) is 11.7 Å². The number of anilines is 2. The number of carbonyl (C=O) groups excluding carboxylic acids is 1. The second-order valence-electron chi connectivity index (χ2n) is 5.36. The zero-order chi connectivity index (χ0) is 15.5. The number of aromatic nitrogens is 3. The molecule has 0 bridgehead atoms. The Morgan fingerprint density at radius 1 is 1.29 bits per heavy atom. The molecule has 2 aromatic rings. The summed E-state index contributed by atoms with van der Waals surface area (Å²) in [5, 5.41) is 20.5. The van der Waals surface area contributed by atoms with Crippen LogP contribution in [0.15, 0.2) is 5.38 Å².